The van der Waals surface area contributed by atoms with Crippen molar-refractivity contribution >= 4 is 12.0 Å². The van der Waals surface area contributed by atoms with Gasteiger partial charge >= 0.3 is 0 Å². The van der Waals surface area contributed by atoms with Crippen LogP contribution in [0, 0.1) is 0 Å². The van der Waals surface area contributed by atoms with Crippen molar-refractivity contribution in [2.45, 2.75) is 13.3 Å². The number of rotatable bonds is 5. The summed E-state index contributed by atoms with van der Waals surface area (Å²) < 4.78 is 5.58. The van der Waals surface area contributed by atoms with Gasteiger partial charge in [-0.3, -0.25) is 4.79 Å². The molecule has 1 heterocycles. The molecule has 4 heteroatoms. The van der Waals surface area contributed by atoms with Crippen LogP contribution in [0.3, 0.4) is 0 Å². The summed E-state index contributed by atoms with van der Waals surface area (Å²) in [5.74, 6) is 0.926. The highest BCUT2D eigenvalue weighted by Crippen LogP contribution is 2.14. The van der Waals surface area contributed by atoms with Gasteiger partial charge in [-0.2, -0.15) is 0 Å². The summed E-state index contributed by atoms with van der Waals surface area (Å²) in [6.45, 7) is 6.11. The molecule has 108 valence electrons. The second kappa shape index (κ2) is 7.70. The minimum Gasteiger partial charge on any atom is -0.494 e. The average molecular weight is 274 g/mol. The number of ether oxygens (including phenoxy) is 1. The predicted molar refractivity (Wildman–Crippen MR) is 80.7 cm³/mol. The molecule has 0 saturated carbocycles. The zero-order valence-corrected chi connectivity index (χ0v) is 12.0. The first-order valence-corrected chi connectivity index (χ1v) is 7.20. The van der Waals surface area contributed by atoms with Gasteiger partial charge in [0.15, 0.2) is 0 Å². The Labute approximate surface area is 120 Å². The molecule has 0 atom stereocenters. The van der Waals surface area contributed by atoms with Crippen LogP contribution in [0.4, 0.5) is 0 Å². The van der Waals surface area contributed by atoms with Crippen LogP contribution in [0.2, 0.25) is 0 Å². The second-order valence-electron chi connectivity index (χ2n) is 4.83. The lowest BCUT2D eigenvalue weighted by molar-refractivity contribution is -0.126. The van der Waals surface area contributed by atoms with Crippen molar-refractivity contribution in [2.24, 2.45) is 0 Å². The highest BCUT2D eigenvalue weighted by atomic mass is 16.5. The number of carbonyl (C=O) groups excluding carboxylic acids is 1. The number of hydrogen-bond donors (Lipinski definition) is 1. The fourth-order valence-electron chi connectivity index (χ4n) is 2.09. The number of nitrogens with one attached hydrogen (secondary N) is 1. The molecule has 0 aromatic heterocycles. The van der Waals surface area contributed by atoms with Gasteiger partial charge in [0.05, 0.1) is 6.61 Å². The van der Waals surface area contributed by atoms with E-state index in [-0.39, 0.29) is 5.91 Å². The van der Waals surface area contributed by atoms with Gasteiger partial charge in [-0.1, -0.05) is 19.1 Å². The quantitative estimate of drug-likeness (QED) is 0.834. The molecule has 1 saturated heterocycles. The molecule has 20 heavy (non-hydrogen) atoms. The van der Waals surface area contributed by atoms with Crippen LogP contribution >= 0.6 is 0 Å². The lowest BCUT2D eigenvalue weighted by Crippen LogP contribution is -2.45. The van der Waals surface area contributed by atoms with Crippen molar-refractivity contribution < 1.29 is 9.53 Å². The Kier molecular flexibility index (Phi) is 5.62. The molecule has 0 radical (unpaired) electrons. The standard InChI is InChI=1S/C16H22N2O2/c1-2-12-20-15-5-3-4-14(13-15)6-7-16(19)18-10-8-17-9-11-18/h3-7,13,17H,2,8-12H2,1H3/b7-6+. The maximum Gasteiger partial charge on any atom is 0.246 e. The third-order valence-corrected chi connectivity index (χ3v) is 3.18. The van der Waals surface area contributed by atoms with Gasteiger partial charge in [-0.15, -0.1) is 0 Å². The second-order valence-corrected chi connectivity index (χ2v) is 4.83. The highest BCUT2D eigenvalue weighted by Gasteiger charge is 2.12. The molecule has 1 aliphatic heterocycles. The zero-order valence-electron chi connectivity index (χ0n) is 12.0. The largest absolute Gasteiger partial charge is 0.494 e. The molecule has 2 rings (SSSR count). The van der Waals surface area contributed by atoms with E-state index in [2.05, 4.69) is 12.2 Å². The Hall–Kier alpha value is -1.81. The Balaban J connectivity index is 1.94. The molecular weight excluding hydrogens is 252 g/mol. The van der Waals surface area contributed by atoms with E-state index in [4.69, 9.17) is 4.74 Å². The summed E-state index contributed by atoms with van der Waals surface area (Å²) in [6.07, 6.45) is 4.48. The summed E-state index contributed by atoms with van der Waals surface area (Å²) in [5.41, 5.74) is 0.988. The van der Waals surface area contributed by atoms with E-state index in [1.807, 2.05) is 35.2 Å². The van der Waals surface area contributed by atoms with Crippen LogP contribution in [0.15, 0.2) is 30.3 Å². The summed E-state index contributed by atoms with van der Waals surface area (Å²) in [7, 11) is 0. The fraction of sp³-hybridized carbons (Fsp3) is 0.438. The lowest BCUT2D eigenvalue weighted by atomic mass is 10.2. The highest BCUT2D eigenvalue weighted by molar-refractivity contribution is 5.91. The third kappa shape index (κ3) is 4.38. The molecule has 4 nitrogen and oxygen atoms in total. The van der Waals surface area contributed by atoms with Crippen molar-refractivity contribution in [3.05, 3.63) is 35.9 Å². The first kappa shape index (κ1) is 14.6. The zero-order chi connectivity index (χ0) is 14.2. The molecule has 0 aliphatic carbocycles. The Morgan fingerprint density at radius 3 is 2.95 bits per heavy atom. The minimum atomic E-state index is 0.0754. The van der Waals surface area contributed by atoms with Crippen LogP contribution in [0.1, 0.15) is 18.9 Å². The molecule has 1 aromatic carbocycles. The molecular formula is C16H22N2O2. The first-order valence-electron chi connectivity index (χ1n) is 7.20. The predicted octanol–water partition coefficient (Wildman–Crippen LogP) is 1.92. The van der Waals surface area contributed by atoms with Gasteiger partial charge in [0.2, 0.25) is 5.91 Å². The van der Waals surface area contributed by atoms with Crippen LogP contribution < -0.4 is 10.1 Å². The summed E-state index contributed by atoms with van der Waals surface area (Å²) in [5, 5.41) is 3.24. The molecule has 0 spiro atoms. The smallest absolute Gasteiger partial charge is 0.246 e. The molecule has 0 bridgehead atoms. The van der Waals surface area contributed by atoms with Crippen molar-refractivity contribution in [1.82, 2.24) is 10.2 Å². The summed E-state index contributed by atoms with van der Waals surface area (Å²) in [6, 6.07) is 7.81. The fourth-order valence-corrected chi connectivity index (χ4v) is 2.09. The Morgan fingerprint density at radius 2 is 2.20 bits per heavy atom. The Bertz CT molecular complexity index is 465. The molecule has 0 unspecified atom stereocenters. The first-order chi connectivity index (χ1) is 9.79. The van der Waals surface area contributed by atoms with E-state index in [1.54, 1.807) is 6.08 Å². The van der Waals surface area contributed by atoms with Crippen molar-refractivity contribution in [3.63, 3.8) is 0 Å². The van der Waals surface area contributed by atoms with Crippen LogP contribution in [-0.4, -0.2) is 43.6 Å². The van der Waals surface area contributed by atoms with E-state index in [0.717, 1.165) is 43.9 Å². The molecule has 1 fully saturated rings. The summed E-state index contributed by atoms with van der Waals surface area (Å²) in [4.78, 5) is 13.9. The number of nitrogens with zero attached hydrogens (tertiary/aromatic N) is 1. The average Bonchev–Trinajstić information content (AvgIpc) is 2.52. The molecule has 1 aromatic rings. The number of piperazine rings is 1. The van der Waals surface area contributed by atoms with E-state index < -0.39 is 0 Å². The van der Waals surface area contributed by atoms with Gasteiger partial charge in [0, 0.05) is 32.3 Å². The normalized spacial score (nSPS) is 15.6. The monoisotopic (exact) mass is 274 g/mol. The molecule has 1 N–H and O–H groups in total. The van der Waals surface area contributed by atoms with Gasteiger partial charge < -0.3 is 15.0 Å². The van der Waals surface area contributed by atoms with Crippen LogP contribution in [0.25, 0.3) is 6.08 Å². The maximum absolute atomic E-state index is 12.0. The topological polar surface area (TPSA) is 41.6 Å². The number of amides is 1. The third-order valence-electron chi connectivity index (χ3n) is 3.18. The van der Waals surface area contributed by atoms with Crippen LogP contribution in [0.5, 0.6) is 5.75 Å². The van der Waals surface area contributed by atoms with E-state index in [0.29, 0.717) is 6.61 Å². The molecule has 1 aliphatic rings. The minimum absolute atomic E-state index is 0.0754. The maximum atomic E-state index is 12.0. The van der Waals surface area contributed by atoms with Gasteiger partial charge in [-0.05, 0) is 30.2 Å². The van der Waals surface area contributed by atoms with Gasteiger partial charge in [0.25, 0.3) is 0 Å². The number of carbonyl (C=O) groups is 1. The van der Waals surface area contributed by atoms with E-state index in [1.165, 1.54) is 0 Å². The SMILES string of the molecule is CCCOc1cccc(/C=C/C(=O)N2CCNCC2)c1. The summed E-state index contributed by atoms with van der Waals surface area (Å²) >= 11 is 0. The van der Waals surface area contributed by atoms with E-state index in [9.17, 15) is 4.79 Å². The number of hydrogen-bond acceptors (Lipinski definition) is 3. The van der Waals surface area contributed by atoms with Gasteiger partial charge in [-0.25, -0.2) is 0 Å². The van der Waals surface area contributed by atoms with Gasteiger partial charge in [0.1, 0.15) is 5.75 Å². The van der Waals surface area contributed by atoms with Crippen LogP contribution in [-0.2, 0) is 4.79 Å². The van der Waals surface area contributed by atoms with Crippen molar-refractivity contribution in [1.29, 1.82) is 0 Å². The van der Waals surface area contributed by atoms with E-state index >= 15 is 0 Å². The Morgan fingerprint density at radius 1 is 1.40 bits per heavy atom. The van der Waals surface area contributed by atoms with Crippen molar-refractivity contribution in [3.8, 4) is 5.75 Å². The molecule has 1 amide bonds. The lowest BCUT2D eigenvalue weighted by Gasteiger charge is -2.26. The number of benzene rings is 1. The van der Waals surface area contributed by atoms with Crippen molar-refractivity contribution in [2.75, 3.05) is 32.8 Å².